The lowest BCUT2D eigenvalue weighted by atomic mass is 10.1. The number of aromatic amines is 1. The molecule has 0 saturated carbocycles. The van der Waals surface area contributed by atoms with Crippen LogP contribution in [0.5, 0.6) is 0 Å². The van der Waals surface area contributed by atoms with E-state index in [2.05, 4.69) is 26.6 Å². The molecule has 0 saturated heterocycles. The van der Waals surface area contributed by atoms with Crippen molar-refractivity contribution in [3.05, 3.63) is 53.0 Å². The van der Waals surface area contributed by atoms with Crippen LogP contribution < -0.4 is 0 Å². The van der Waals surface area contributed by atoms with Crippen LogP contribution in [0.1, 0.15) is 22.5 Å². The molecule has 3 rings (SSSR count). The van der Waals surface area contributed by atoms with Gasteiger partial charge in [-0.2, -0.15) is 10.4 Å². The monoisotopic (exact) mass is 292 g/mol. The molecule has 1 aromatic carbocycles. The molecular formula is C16H16N6. The molecular weight excluding hydrogens is 276 g/mol. The first-order valence-corrected chi connectivity index (χ1v) is 7.08. The van der Waals surface area contributed by atoms with E-state index in [0.29, 0.717) is 5.56 Å². The number of hydrogen-bond acceptors (Lipinski definition) is 4. The maximum atomic E-state index is 8.96. The van der Waals surface area contributed by atoms with Gasteiger partial charge in [-0.05, 0) is 38.0 Å². The van der Waals surface area contributed by atoms with E-state index in [1.165, 1.54) is 5.56 Å². The molecule has 0 radical (unpaired) electrons. The number of nitrogens with zero attached hydrogens (tertiary/aromatic N) is 5. The summed E-state index contributed by atoms with van der Waals surface area (Å²) in [6, 6.07) is 9.51. The lowest BCUT2D eigenvalue weighted by molar-refractivity contribution is 0.587. The van der Waals surface area contributed by atoms with Crippen LogP contribution in [0.4, 0.5) is 0 Å². The first-order valence-electron chi connectivity index (χ1n) is 7.08. The molecule has 0 aliphatic rings. The molecule has 0 aliphatic carbocycles. The predicted molar refractivity (Wildman–Crippen MR) is 81.9 cm³/mol. The molecule has 2 heterocycles. The number of nitriles is 1. The fourth-order valence-corrected chi connectivity index (χ4v) is 2.46. The number of H-pyrrole nitrogens is 1. The van der Waals surface area contributed by atoms with Gasteiger partial charge in [-0.1, -0.05) is 17.3 Å². The summed E-state index contributed by atoms with van der Waals surface area (Å²) in [7, 11) is 0. The van der Waals surface area contributed by atoms with E-state index in [9.17, 15) is 0 Å². The van der Waals surface area contributed by atoms with Gasteiger partial charge in [0.1, 0.15) is 5.69 Å². The third-order valence-electron chi connectivity index (χ3n) is 3.70. The second kappa shape index (κ2) is 5.82. The van der Waals surface area contributed by atoms with Crippen LogP contribution in [0.15, 0.2) is 30.5 Å². The third-order valence-corrected chi connectivity index (χ3v) is 3.70. The van der Waals surface area contributed by atoms with Gasteiger partial charge in [0, 0.05) is 17.8 Å². The van der Waals surface area contributed by atoms with Crippen LogP contribution in [-0.2, 0) is 13.0 Å². The lowest BCUT2D eigenvalue weighted by Gasteiger charge is -2.01. The molecule has 0 bridgehead atoms. The fourth-order valence-electron chi connectivity index (χ4n) is 2.46. The van der Waals surface area contributed by atoms with Crippen molar-refractivity contribution in [1.82, 2.24) is 25.2 Å². The molecule has 0 amide bonds. The Bertz CT molecular complexity index is 817. The highest BCUT2D eigenvalue weighted by Crippen LogP contribution is 2.18. The number of rotatable bonds is 4. The zero-order valence-corrected chi connectivity index (χ0v) is 12.5. The minimum Gasteiger partial charge on any atom is -0.282 e. The molecule has 0 atom stereocenters. The summed E-state index contributed by atoms with van der Waals surface area (Å²) in [6.07, 6.45) is 2.76. The smallest absolute Gasteiger partial charge is 0.113 e. The Hall–Kier alpha value is -2.94. The first-order chi connectivity index (χ1) is 10.7. The van der Waals surface area contributed by atoms with E-state index in [-0.39, 0.29) is 0 Å². The Morgan fingerprint density at radius 3 is 2.91 bits per heavy atom. The van der Waals surface area contributed by atoms with Crippen molar-refractivity contribution < 1.29 is 0 Å². The minimum atomic E-state index is 0.622. The van der Waals surface area contributed by atoms with Crippen LogP contribution in [0.2, 0.25) is 0 Å². The van der Waals surface area contributed by atoms with Crippen molar-refractivity contribution >= 4 is 0 Å². The minimum absolute atomic E-state index is 0.622. The summed E-state index contributed by atoms with van der Waals surface area (Å²) in [5, 5.41) is 24.5. The zero-order valence-electron chi connectivity index (χ0n) is 12.5. The van der Waals surface area contributed by atoms with Crippen molar-refractivity contribution in [2.24, 2.45) is 0 Å². The van der Waals surface area contributed by atoms with Crippen LogP contribution in [0.3, 0.4) is 0 Å². The van der Waals surface area contributed by atoms with Gasteiger partial charge >= 0.3 is 0 Å². The Kier molecular flexibility index (Phi) is 3.71. The average Bonchev–Trinajstić information content (AvgIpc) is 3.13. The number of aromatic nitrogens is 5. The third kappa shape index (κ3) is 2.74. The van der Waals surface area contributed by atoms with Gasteiger partial charge in [-0.15, -0.1) is 5.10 Å². The van der Waals surface area contributed by atoms with E-state index in [0.717, 1.165) is 35.6 Å². The summed E-state index contributed by atoms with van der Waals surface area (Å²) >= 11 is 0. The normalized spacial score (nSPS) is 10.6. The summed E-state index contributed by atoms with van der Waals surface area (Å²) in [4.78, 5) is 0. The summed E-state index contributed by atoms with van der Waals surface area (Å²) in [5.41, 5.74) is 5.65. The SMILES string of the molecule is Cc1n[nH]c(C)c1CCn1cc(-c2cccc(C#N)c2)nn1. The molecule has 3 aromatic rings. The average molecular weight is 292 g/mol. The first kappa shape index (κ1) is 14.0. The van der Waals surface area contributed by atoms with Gasteiger partial charge in [0.05, 0.1) is 23.5 Å². The van der Waals surface area contributed by atoms with Crippen molar-refractivity contribution in [1.29, 1.82) is 5.26 Å². The van der Waals surface area contributed by atoms with Crippen LogP contribution in [0.25, 0.3) is 11.3 Å². The molecule has 22 heavy (non-hydrogen) atoms. The highest BCUT2D eigenvalue weighted by Gasteiger charge is 2.08. The van der Waals surface area contributed by atoms with E-state index in [1.807, 2.05) is 42.9 Å². The Morgan fingerprint density at radius 1 is 1.32 bits per heavy atom. The Balaban J connectivity index is 1.75. The van der Waals surface area contributed by atoms with Gasteiger partial charge in [0.25, 0.3) is 0 Å². The fraction of sp³-hybridized carbons (Fsp3) is 0.250. The molecule has 0 aliphatic heterocycles. The molecule has 110 valence electrons. The number of aryl methyl sites for hydroxylation is 3. The number of hydrogen-bond donors (Lipinski definition) is 1. The second-order valence-corrected chi connectivity index (χ2v) is 5.22. The maximum Gasteiger partial charge on any atom is 0.113 e. The van der Waals surface area contributed by atoms with Crippen molar-refractivity contribution in [3.63, 3.8) is 0 Å². The molecule has 6 nitrogen and oxygen atoms in total. The van der Waals surface area contributed by atoms with Crippen molar-refractivity contribution in [2.75, 3.05) is 0 Å². The topological polar surface area (TPSA) is 83.2 Å². The summed E-state index contributed by atoms with van der Waals surface area (Å²) in [5.74, 6) is 0. The van der Waals surface area contributed by atoms with E-state index in [1.54, 1.807) is 6.07 Å². The molecule has 2 aromatic heterocycles. The molecule has 1 N–H and O–H groups in total. The quantitative estimate of drug-likeness (QED) is 0.800. The number of benzene rings is 1. The van der Waals surface area contributed by atoms with E-state index in [4.69, 9.17) is 5.26 Å². The highest BCUT2D eigenvalue weighted by molar-refractivity contribution is 5.60. The van der Waals surface area contributed by atoms with Gasteiger partial charge in [0.15, 0.2) is 0 Å². The van der Waals surface area contributed by atoms with Crippen molar-refractivity contribution in [2.45, 2.75) is 26.8 Å². The predicted octanol–water partition coefficient (Wildman–Crippen LogP) is 2.40. The largest absolute Gasteiger partial charge is 0.282 e. The Morgan fingerprint density at radius 2 is 2.18 bits per heavy atom. The zero-order chi connectivity index (χ0) is 15.5. The van der Waals surface area contributed by atoms with E-state index < -0.39 is 0 Å². The van der Waals surface area contributed by atoms with Gasteiger partial charge in [-0.3, -0.25) is 9.78 Å². The molecule has 0 unspecified atom stereocenters. The van der Waals surface area contributed by atoms with Crippen LogP contribution >= 0.6 is 0 Å². The Labute approximate surface area is 128 Å². The van der Waals surface area contributed by atoms with Gasteiger partial charge < -0.3 is 0 Å². The molecule has 0 spiro atoms. The van der Waals surface area contributed by atoms with Crippen LogP contribution in [0, 0.1) is 25.2 Å². The molecule has 6 heteroatoms. The highest BCUT2D eigenvalue weighted by atomic mass is 15.4. The second-order valence-electron chi connectivity index (χ2n) is 5.22. The van der Waals surface area contributed by atoms with Gasteiger partial charge in [-0.25, -0.2) is 0 Å². The van der Waals surface area contributed by atoms with E-state index >= 15 is 0 Å². The summed E-state index contributed by atoms with van der Waals surface area (Å²) in [6.45, 7) is 4.76. The maximum absolute atomic E-state index is 8.96. The standard InChI is InChI=1S/C16H16N6/c1-11-15(12(2)19-18-11)6-7-22-10-16(20-21-22)14-5-3-4-13(8-14)9-17/h3-5,8,10H,6-7H2,1-2H3,(H,18,19). The lowest BCUT2D eigenvalue weighted by Crippen LogP contribution is -2.03. The van der Waals surface area contributed by atoms with Crippen molar-refractivity contribution in [3.8, 4) is 17.3 Å². The van der Waals surface area contributed by atoms with Crippen LogP contribution in [-0.4, -0.2) is 25.2 Å². The molecule has 0 fully saturated rings. The summed E-state index contributed by atoms with van der Waals surface area (Å²) < 4.78 is 1.82. The van der Waals surface area contributed by atoms with Gasteiger partial charge in [0.2, 0.25) is 0 Å². The number of nitrogens with one attached hydrogen (secondary N) is 1.